The summed E-state index contributed by atoms with van der Waals surface area (Å²) in [4.78, 5) is 20.6. The van der Waals surface area contributed by atoms with E-state index in [9.17, 15) is 4.79 Å². The summed E-state index contributed by atoms with van der Waals surface area (Å²) in [6, 6.07) is 17.2. The van der Waals surface area contributed by atoms with Crippen molar-refractivity contribution in [3.05, 3.63) is 81.8 Å². The molecule has 0 aliphatic carbocycles. The van der Waals surface area contributed by atoms with Gasteiger partial charge in [-0.05, 0) is 43.7 Å². The third-order valence-corrected chi connectivity index (χ3v) is 4.58. The van der Waals surface area contributed by atoms with Crippen LogP contribution in [-0.4, -0.2) is 22.6 Å². The molecule has 3 aromatic rings. The Morgan fingerprint density at radius 2 is 1.96 bits per heavy atom. The fourth-order valence-corrected chi connectivity index (χ4v) is 3.34. The second-order valence-electron chi connectivity index (χ2n) is 6.71. The first-order valence-electron chi connectivity index (χ1n) is 9.02. The number of guanidine groups is 1. The average Bonchev–Trinajstić information content (AvgIpc) is 2.67. The van der Waals surface area contributed by atoms with Gasteiger partial charge in [-0.15, -0.1) is 0 Å². The van der Waals surface area contributed by atoms with Gasteiger partial charge >= 0.3 is 5.96 Å². The van der Waals surface area contributed by atoms with Crippen molar-refractivity contribution < 1.29 is 9.73 Å². The number of anilines is 2. The molecule has 1 aliphatic heterocycles. The summed E-state index contributed by atoms with van der Waals surface area (Å²) in [5.74, 6) is 1.80. The number of hydrogen-bond acceptors (Lipinski definition) is 5. The van der Waals surface area contributed by atoms with Crippen molar-refractivity contribution in [1.29, 1.82) is 0 Å². The SMILES string of the molecule is COc1ccccc1[C@@H]1[NH+]=C(Nc2cccc(C)c2)Nc2nc(C)cc(=O)n21. The third-order valence-electron chi connectivity index (χ3n) is 4.58. The fourth-order valence-electron chi connectivity index (χ4n) is 3.34. The second kappa shape index (κ2) is 7.19. The van der Waals surface area contributed by atoms with Gasteiger partial charge in [-0.2, -0.15) is 0 Å². The summed E-state index contributed by atoms with van der Waals surface area (Å²) >= 11 is 0. The first-order valence-corrected chi connectivity index (χ1v) is 9.02. The lowest BCUT2D eigenvalue weighted by molar-refractivity contribution is -0.520. The van der Waals surface area contributed by atoms with E-state index in [0.717, 1.165) is 16.8 Å². The molecule has 0 radical (unpaired) electrons. The Morgan fingerprint density at radius 1 is 1.14 bits per heavy atom. The van der Waals surface area contributed by atoms with Gasteiger partial charge in [-0.25, -0.2) is 20.2 Å². The summed E-state index contributed by atoms with van der Waals surface area (Å²) in [6.45, 7) is 3.84. The topological polar surface area (TPSA) is 82.2 Å². The predicted molar refractivity (Wildman–Crippen MR) is 109 cm³/mol. The molecule has 4 rings (SSSR count). The molecule has 0 spiro atoms. The average molecular weight is 376 g/mol. The van der Waals surface area contributed by atoms with E-state index in [4.69, 9.17) is 4.74 Å². The summed E-state index contributed by atoms with van der Waals surface area (Å²) < 4.78 is 7.11. The molecule has 28 heavy (non-hydrogen) atoms. The highest BCUT2D eigenvalue weighted by Gasteiger charge is 2.30. The highest BCUT2D eigenvalue weighted by Crippen LogP contribution is 2.25. The Kier molecular flexibility index (Phi) is 4.57. The molecular weight excluding hydrogens is 354 g/mol. The zero-order chi connectivity index (χ0) is 19.7. The summed E-state index contributed by atoms with van der Waals surface area (Å²) in [5, 5.41) is 6.53. The van der Waals surface area contributed by atoms with Crippen LogP contribution in [0, 0.1) is 13.8 Å². The minimum Gasteiger partial charge on any atom is -0.496 e. The molecule has 3 N–H and O–H groups in total. The van der Waals surface area contributed by atoms with E-state index < -0.39 is 6.17 Å². The summed E-state index contributed by atoms with van der Waals surface area (Å²) in [7, 11) is 1.62. The normalized spacial score (nSPS) is 15.2. The van der Waals surface area contributed by atoms with Crippen molar-refractivity contribution in [1.82, 2.24) is 9.55 Å². The van der Waals surface area contributed by atoms with Crippen molar-refractivity contribution in [2.45, 2.75) is 20.0 Å². The van der Waals surface area contributed by atoms with E-state index in [1.807, 2.05) is 55.5 Å². The molecule has 7 heteroatoms. The quantitative estimate of drug-likeness (QED) is 0.644. The van der Waals surface area contributed by atoms with Crippen molar-refractivity contribution in [3.8, 4) is 5.75 Å². The van der Waals surface area contributed by atoms with Crippen LogP contribution in [0.1, 0.15) is 23.0 Å². The number of rotatable bonds is 3. The standard InChI is InChI=1S/C21H21N5O2/c1-13-7-6-8-15(11-13)23-20-24-19(16-9-4-5-10-17(16)28-3)26-18(27)12-14(2)22-21(26)25-20/h4-12,19H,1-3H3,(H2,22,23,24,25)/p+1/t19-/m1/s1. The van der Waals surface area contributed by atoms with Crippen LogP contribution in [0.25, 0.3) is 0 Å². The number of nitrogens with one attached hydrogen (secondary N) is 3. The lowest BCUT2D eigenvalue weighted by Gasteiger charge is -2.24. The van der Waals surface area contributed by atoms with Crippen LogP contribution in [0.3, 0.4) is 0 Å². The number of fused-ring (bicyclic) bond motifs is 1. The number of benzene rings is 2. The Bertz CT molecular complexity index is 1120. The first kappa shape index (κ1) is 17.8. The molecule has 0 unspecified atom stereocenters. The largest absolute Gasteiger partial charge is 0.496 e. The molecule has 0 amide bonds. The fraction of sp³-hybridized carbons (Fsp3) is 0.190. The van der Waals surface area contributed by atoms with E-state index in [-0.39, 0.29) is 5.56 Å². The zero-order valence-corrected chi connectivity index (χ0v) is 16.0. The highest BCUT2D eigenvalue weighted by molar-refractivity contribution is 5.99. The number of aromatic nitrogens is 2. The van der Waals surface area contributed by atoms with Gasteiger partial charge in [-0.3, -0.25) is 9.79 Å². The van der Waals surface area contributed by atoms with Crippen molar-refractivity contribution in [2.24, 2.45) is 0 Å². The predicted octanol–water partition coefficient (Wildman–Crippen LogP) is 1.39. The van der Waals surface area contributed by atoms with Gasteiger partial charge in [-0.1, -0.05) is 24.3 Å². The van der Waals surface area contributed by atoms with Gasteiger partial charge in [0.2, 0.25) is 0 Å². The first-order chi connectivity index (χ1) is 13.5. The Balaban J connectivity index is 1.84. The Hall–Kier alpha value is -3.61. The molecule has 2 heterocycles. The molecule has 0 saturated carbocycles. The van der Waals surface area contributed by atoms with Crippen LogP contribution in [-0.2, 0) is 0 Å². The number of ether oxygens (including phenoxy) is 1. The molecule has 0 saturated heterocycles. The van der Waals surface area contributed by atoms with Crippen molar-refractivity contribution in [3.63, 3.8) is 0 Å². The lowest BCUT2D eigenvalue weighted by Crippen LogP contribution is -2.82. The van der Waals surface area contributed by atoms with Gasteiger partial charge in [0.1, 0.15) is 5.75 Å². The molecule has 142 valence electrons. The molecule has 0 fully saturated rings. The van der Waals surface area contributed by atoms with Crippen LogP contribution >= 0.6 is 0 Å². The molecular formula is C21H22N5O2+. The highest BCUT2D eigenvalue weighted by atomic mass is 16.5. The van der Waals surface area contributed by atoms with Gasteiger partial charge in [0.05, 0.1) is 18.4 Å². The second-order valence-corrected chi connectivity index (χ2v) is 6.71. The number of methoxy groups -OCH3 is 1. The number of hydrogen-bond donors (Lipinski definition) is 3. The monoisotopic (exact) mass is 376 g/mol. The maximum Gasteiger partial charge on any atom is 0.357 e. The Morgan fingerprint density at radius 3 is 2.75 bits per heavy atom. The number of aryl methyl sites for hydroxylation is 2. The van der Waals surface area contributed by atoms with Crippen molar-refractivity contribution in [2.75, 3.05) is 17.7 Å². The Labute approximate surface area is 162 Å². The van der Waals surface area contributed by atoms with Crippen molar-refractivity contribution >= 4 is 17.6 Å². The van der Waals surface area contributed by atoms with E-state index in [1.54, 1.807) is 18.6 Å². The van der Waals surface area contributed by atoms with Gasteiger partial charge in [0, 0.05) is 11.8 Å². The van der Waals surface area contributed by atoms with Crippen LogP contribution < -0.4 is 25.9 Å². The van der Waals surface area contributed by atoms with E-state index in [1.165, 1.54) is 6.07 Å². The van der Waals surface area contributed by atoms with Crippen LogP contribution in [0.2, 0.25) is 0 Å². The molecule has 0 bridgehead atoms. The van der Waals surface area contributed by atoms with E-state index in [2.05, 4.69) is 20.6 Å². The smallest absolute Gasteiger partial charge is 0.357 e. The summed E-state index contributed by atoms with van der Waals surface area (Å²) in [6.07, 6.45) is -0.472. The van der Waals surface area contributed by atoms with Crippen LogP contribution in [0.5, 0.6) is 5.75 Å². The lowest BCUT2D eigenvalue weighted by atomic mass is 10.1. The van der Waals surface area contributed by atoms with Gasteiger partial charge < -0.3 is 4.74 Å². The molecule has 1 atom stereocenters. The maximum atomic E-state index is 12.8. The van der Waals surface area contributed by atoms with E-state index >= 15 is 0 Å². The number of para-hydroxylation sites is 1. The molecule has 1 aliphatic rings. The molecule has 7 nitrogen and oxygen atoms in total. The molecule has 1 aromatic heterocycles. The molecule has 2 aromatic carbocycles. The zero-order valence-electron chi connectivity index (χ0n) is 16.0. The van der Waals surface area contributed by atoms with Crippen LogP contribution in [0.4, 0.5) is 11.6 Å². The number of nitrogens with zero attached hydrogens (tertiary/aromatic N) is 2. The van der Waals surface area contributed by atoms with Gasteiger partial charge in [0.25, 0.3) is 11.5 Å². The van der Waals surface area contributed by atoms with Crippen LogP contribution in [0.15, 0.2) is 59.4 Å². The van der Waals surface area contributed by atoms with E-state index in [0.29, 0.717) is 23.4 Å². The summed E-state index contributed by atoms with van der Waals surface area (Å²) in [5.41, 5.74) is 3.42. The maximum absolute atomic E-state index is 12.8. The third kappa shape index (κ3) is 3.34. The minimum atomic E-state index is -0.472. The van der Waals surface area contributed by atoms with Gasteiger partial charge in [0.15, 0.2) is 6.17 Å². The minimum absolute atomic E-state index is 0.145.